The van der Waals surface area contributed by atoms with Gasteiger partial charge in [0.2, 0.25) is 0 Å². The Labute approximate surface area is 146 Å². The number of nitrogens with zero attached hydrogens (tertiary/aromatic N) is 1. The maximum Gasteiger partial charge on any atom is 0.433 e. The Morgan fingerprint density at radius 1 is 1.21 bits per heavy atom. The molecule has 0 radical (unpaired) electrons. The predicted octanol–water partition coefficient (Wildman–Crippen LogP) is 3.46. The molecular formula is C18H35N3O3. The molecule has 1 saturated heterocycles. The van der Waals surface area contributed by atoms with Gasteiger partial charge in [-0.2, -0.15) is 0 Å². The number of hydrogen-bond donors (Lipinski definition) is 2. The largest absolute Gasteiger partial charge is 0.433 e. The molecule has 1 amide bonds. The van der Waals surface area contributed by atoms with Gasteiger partial charge in [0.25, 0.3) is 0 Å². The summed E-state index contributed by atoms with van der Waals surface area (Å²) in [7, 11) is 0. The van der Waals surface area contributed by atoms with Gasteiger partial charge in [-0.1, -0.05) is 19.0 Å². The first-order valence-corrected chi connectivity index (χ1v) is 8.71. The summed E-state index contributed by atoms with van der Waals surface area (Å²) in [5, 5.41) is 10.5. The van der Waals surface area contributed by atoms with Crippen LogP contribution in [0.5, 0.6) is 0 Å². The third kappa shape index (κ3) is 7.62. The Bertz CT molecular complexity index is 469. The quantitative estimate of drug-likeness (QED) is 0.336. The van der Waals surface area contributed by atoms with E-state index in [4.69, 9.17) is 9.57 Å². The molecule has 0 spiro atoms. The van der Waals surface area contributed by atoms with E-state index < -0.39 is 11.7 Å². The van der Waals surface area contributed by atoms with Gasteiger partial charge in [0, 0.05) is 11.1 Å². The molecule has 0 bridgehead atoms. The Hall–Kier alpha value is -1.14. The van der Waals surface area contributed by atoms with E-state index in [2.05, 4.69) is 50.4 Å². The highest BCUT2D eigenvalue weighted by Crippen LogP contribution is 2.31. The summed E-state index contributed by atoms with van der Waals surface area (Å²) in [6, 6.07) is -0.0139. The van der Waals surface area contributed by atoms with Crippen LogP contribution in [0.4, 0.5) is 4.79 Å². The second kappa shape index (κ2) is 7.40. The molecule has 2 atom stereocenters. The lowest BCUT2D eigenvalue weighted by Gasteiger charge is -2.31. The Kier molecular flexibility index (Phi) is 6.44. The smallest absolute Gasteiger partial charge is 0.363 e. The molecule has 0 aliphatic carbocycles. The minimum atomic E-state index is -0.552. The first kappa shape index (κ1) is 20.9. The number of epoxide rings is 1. The molecule has 0 unspecified atom stereocenters. The third-order valence-corrected chi connectivity index (χ3v) is 3.47. The zero-order chi connectivity index (χ0) is 18.8. The van der Waals surface area contributed by atoms with E-state index in [1.807, 2.05) is 27.7 Å². The maximum atomic E-state index is 11.9. The summed E-state index contributed by atoms with van der Waals surface area (Å²) < 4.78 is 5.59. The van der Waals surface area contributed by atoms with Crippen molar-refractivity contribution in [2.24, 2.45) is 11.1 Å². The molecular weight excluding hydrogens is 306 g/mol. The molecule has 6 nitrogen and oxygen atoms in total. The van der Waals surface area contributed by atoms with Crippen LogP contribution < -0.4 is 10.6 Å². The Morgan fingerprint density at radius 2 is 1.75 bits per heavy atom. The van der Waals surface area contributed by atoms with Crippen LogP contribution >= 0.6 is 0 Å². The summed E-state index contributed by atoms with van der Waals surface area (Å²) in [6.45, 7) is 18.9. The van der Waals surface area contributed by atoms with Gasteiger partial charge in [0.05, 0.1) is 12.6 Å². The van der Waals surface area contributed by atoms with Crippen molar-refractivity contribution in [2.45, 2.75) is 91.5 Å². The monoisotopic (exact) mass is 341 g/mol. The zero-order valence-corrected chi connectivity index (χ0v) is 16.7. The second-order valence-electron chi connectivity index (χ2n) is 9.33. The van der Waals surface area contributed by atoms with E-state index in [-0.39, 0.29) is 17.1 Å². The standard InChI is InChI=1S/C18H35N3O3/c1-12(2)10-13(19-16(3,4)5)14(18(9)11-23-18)21-24-15(22)20-17(6,7)8/h12-13,19H,10-11H2,1-9H3,(H,20,22)/b21-14-/t13-,18+/m0/s1. The van der Waals surface area contributed by atoms with Crippen LogP contribution in [0.15, 0.2) is 5.16 Å². The van der Waals surface area contributed by atoms with Crippen LogP contribution in [0.25, 0.3) is 0 Å². The molecule has 140 valence electrons. The van der Waals surface area contributed by atoms with Crippen molar-refractivity contribution in [3.05, 3.63) is 0 Å². The van der Waals surface area contributed by atoms with Crippen LogP contribution in [-0.4, -0.2) is 41.1 Å². The predicted molar refractivity (Wildman–Crippen MR) is 97.3 cm³/mol. The van der Waals surface area contributed by atoms with E-state index in [1.54, 1.807) is 0 Å². The normalized spacial score (nSPS) is 23.2. The van der Waals surface area contributed by atoms with Gasteiger partial charge >= 0.3 is 6.09 Å². The topological polar surface area (TPSA) is 75.2 Å². The zero-order valence-electron chi connectivity index (χ0n) is 16.7. The molecule has 2 N–H and O–H groups in total. The van der Waals surface area contributed by atoms with Crippen LogP contribution in [0.1, 0.15) is 68.7 Å². The summed E-state index contributed by atoms with van der Waals surface area (Å²) in [4.78, 5) is 17.1. The van der Waals surface area contributed by atoms with Crippen LogP contribution in [-0.2, 0) is 9.57 Å². The van der Waals surface area contributed by atoms with Crippen molar-refractivity contribution >= 4 is 11.8 Å². The molecule has 0 aromatic heterocycles. The fourth-order valence-corrected chi connectivity index (χ4v) is 2.44. The van der Waals surface area contributed by atoms with Crippen molar-refractivity contribution in [3.63, 3.8) is 0 Å². The summed E-state index contributed by atoms with van der Waals surface area (Å²) >= 11 is 0. The Morgan fingerprint density at radius 3 is 2.12 bits per heavy atom. The molecule has 24 heavy (non-hydrogen) atoms. The van der Waals surface area contributed by atoms with E-state index in [1.165, 1.54) is 0 Å². The fraction of sp³-hybridized carbons (Fsp3) is 0.889. The molecule has 1 heterocycles. The maximum absolute atomic E-state index is 11.9. The SMILES string of the molecule is CC(C)C[C@H](NC(C)(C)C)/C(=N/OC(=O)NC(C)(C)C)[C@@]1(C)CO1. The number of nitrogens with one attached hydrogen (secondary N) is 2. The van der Waals surface area contributed by atoms with Crippen molar-refractivity contribution in [1.29, 1.82) is 0 Å². The van der Waals surface area contributed by atoms with Crippen molar-refractivity contribution in [3.8, 4) is 0 Å². The lowest BCUT2D eigenvalue weighted by Crippen LogP contribution is -2.52. The summed E-state index contributed by atoms with van der Waals surface area (Å²) in [5.74, 6) is 0.473. The van der Waals surface area contributed by atoms with E-state index >= 15 is 0 Å². The molecule has 0 saturated carbocycles. The molecule has 1 aliphatic rings. The number of ether oxygens (including phenoxy) is 1. The first-order chi connectivity index (χ1) is 10.7. The van der Waals surface area contributed by atoms with Crippen molar-refractivity contribution < 1.29 is 14.4 Å². The molecule has 0 aromatic carbocycles. The molecule has 6 heteroatoms. The lowest BCUT2D eigenvalue weighted by molar-refractivity contribution is 0.139. The van der Waals surface area contributed by atoms with Gasteiger partial charge in [0.1, 0.15) is 11.3 Å². The molecule has 1 fully saturated rings. The number of hydrogen-bond acceptors (Lipinski definition) is 5. The highest BCUT2D eigenvalue weighted by molar-refractivity contribution is 5.98. The second-order valence-corrected chi connectivity index (χ2v) is 9.33. The van der Waals surface area contributed by atoms with E-state index in [9.17, 15) is 4.79 Å². The number of carbonyl (C=O) groups excluding carboxylic acids is 1. The molecule has 1 aliphatic heterocycles. The minimum absolute atomic E-state index is 0.0139. The van der Waals surface area contributed by atoms with Gasteiger partial charge in [-0.25, -0.2) is 4.79 Å². The van der Waals surface area contributed by atoms with Gasteiger partial charge in [-0.3, -0.25) is 4.84 Å². The van der Waals surface area contributed by atoms with Crippen LogP contribution in [0, 0.1) is 5.92 Å². The van der Waals surface area contributed by atoms with Gasteiger partial charge in [-0.05, 0) is 60.8 Å². The van der Waals surface area contributed by atoms with Gasteiger partial charge in [0.15, 0.2) is 0 Å². The molecule has 0 aromatic rings. The first-order valence-electron chi connectivity index (χ1n) is 8.71. The average Bonchev–Trinajstić information content (AvgIpc) is 3.02. The highest BCUT2D eigenvalue weighted by Gasteiger charge is 2.49. The number of rotatable bonds is 6. The summed E-state index contributed by atoms with van der Waals surface area (Å²) in [5.41, 5.74) is -0.164. The lowest BCUT2D eigenvalue weighted by atomic mass is 9.90. The van der Waals surface area contributed by atoms with Gasteiger partial charge in [-0.15, -0.1) is 0 Å². The van der Waals surface area contributed by atoms with Crippen molar-refractivity contribution in [2.75, 3.05) is 6.61 Å². The fourth-order valence-electron chi connectivity index (χ4n) is 2.44. The van der Waals surface area contributed by atoms with E-state index in [0.29, 0.717) is 12.5 Å². The van der Waals surface area contributed by atoms with Crippen molar-refractivity contribution in [1.82, 2.24) is 10.6 Å². The third-order valence-electron chi connectivity index (χ3n) is 3.47. The van der Waals surface area contributed by atoms with E-state index in [0.717, 1.165) is 12.1 Å². The number of amides is 1. The van der Waals surface area contributed by atoms with Gasteiger partial charge < -0.3 is 15.4 Å². The minimum Gasteiger partial charge on any atom is -0.363 e. The highest BCUT2D eigenvalue weighted by atomic mass is 16.7. The Balaban J connectivity index is 2.96. The van der Waals surface area contributed by atoms with Crippen LogP contribution in [0.2, 0.25) is 0 Å². The van der Waals surface area contributed by atoms with Crippen LogP contribution in [0.3, 0.4) is 0 Å². The molecule has 1 rings (SSSR count). The number of carbonyl (C=O) groups is 1. The number of oxime groups is 1. The average molecular weight is 341 g/mol. The summed E-state index contributed by atoms with van der Waals surface area (Å²) in [6.07, 6.45) is 0.336.